The van der Waals surface area contributed by atoms with Crippen LogP contribution in [0.25, 0.3) is 11.3 Å². The average Bonchev–Trinajstić information content (AvgIpc) is 3.07. The summed E-state index contributed by atoms with van der Waals surface area (Å²) in [7, 11) is 0. The van der Waals surface area contributed by atoms with Gasteiger partial charge in [-0.05, 0) is 18.2 Å². The number of aromatic nitrogens is 1. The Morgan fingerprint density at radius 1 is 1.08 bits per heavy atom. The largest absolute Gasteiger partial charge is 0.416 e. The first-order valence-corrected chi connectivity index (χ1v) is 7.42. The van der Waals surface area contributed by atoms with Crippen molar-refractivity contribution in [3.63, 3.8) is 0 Å². The van der Waals surface area contributed by atoms with E-state index in [9.17, 15) is 18.0 Å². The van der Waals surface area contributed by atoms with Crippen LogP contribution in [0.1, 0.15) is 16.1 Å². The Morgan fingerprint density at radius 3 is 2.48 bits per heavy atom. The third kappa shape index (κ3) is 3.83. The summed E-state index contributed by atoms with van der Waals surface area (Å²) >= 11 is 5.85. The fraction of sp³-hybridized carbons (Fsp3) is 0.0588. The highest BCUT2D eigenvalue weighted by atomic mass is 35.5. The predicted octanol–water partition coefficient (Wildman–Crippen LogP) is 5.27. The number of halogens is 4. The van der Waals surface area contributed by atoms with E-state index in [4.69, 9.17) is 16.1 Å². The van der Waals surface area contributed by atoms with Crippen molar-refractivity contribution >= 4 is 23.2 Å². The zero-order chi connectivity index (χ0) is 18.0. The summed E-state index contributed by atoms with van der Waals surface area (Å²) in [6, 6.07) is 13.0. The van der Waals surface area contributed by atoms with E-state index in [-0.39, 0.29) is 16.4 Å². The number of alkyl halides is 3. The van der Waals surface area contributed by atoms with Crippen molar-refractivity contribution in [2.75, 3.05) is 5.32 Å². The van der Waals surface area contributed by atoms with Crippen LogP contribution < -0.4 is 5.32 Å². The van der Waals surface area contributed by atoms with Crippen molar-refractivity contribution in [2.45, 2.75) is 6.18 Å². The molecule has 1 amide bonds. The molecule has 0 fully saturated rings. The van der Waals surface area contributed by atoms with E-state index in [1.807, 2.05) is 6.07 Å². The molecular formula is C17H10ClF3N2O2. The molecule has 128 valence electrons. The number of rotatable bonds is 3. The van der Waals surface area contributed by atoms with Gasteiger partial charge in [-0.1, -0.05) is 47.1 Å². The van der Waals surface area contributed by atoms with Crippen molar-refractivity contribution in [3.8, 4) is 11.3 Å². The second-order valence-corrected chi connectivity index (χ2v) is 5.50. The second kappa shape index (κ2) is 6.60. The lowest BCUT2D eigenvalue weighted by Crippen LogP contribution is -2.14. The molecule has 0 aliphatic heterocycles. The Morgan fingerprint density at radius 2 is 1.80 bits per heavy atom. The molecule has 1 heterocycles. The van der Waals surface area contributed by atoms with Gasteiger partial charge in [0.15, 0.2) is 11.5 Å². The summed E-state index contributed by atoms with van der Waals surface area (Å²) in [6.07, 6.45) is -4.54. The number of nitrogens with zero attached hydrogens (tertiary/aromatic N) is 1. The van der Waals surface area contributed by atoms with Gasteiger partial charge in [0.25, 0.3) is 5.91 Å². The van der Waals surface area contributed by atoms with Gasteiger partial charge in [-0.2, -0.15) is 13.2 Å². The van der Waals surface area contributed by atoms with Crippen LogP contribution >= 0.6 is 11.6 Å². The molecule has 0 atom stereocenters. The highest BCUT2D eigenvalue weighted by Crippen LogP contribution is 2.34. The summed E-state index contributed by atoms with van der Waals surface area (Å²) in [6.45, 7) is 0. The molecule has 8 heteroatoms. The third-order valence-corrected chi connectivity index (χ3v) is 3.67. The first-order valence-electron chi connectivity index (χ1n) is 7.05. The number of amides is 1. The smallest absolute Gasteiger partial charge is 0.355 e. The maximum atomic E-state index is 12.8. The molecule has 0 radical (unpaired) electrons. The quantitative estimate of drug-likeness (QED) is 0.687. The summed E-state index contributed by atoms with van der Waals surface area (Å²) in [5.41, 5.74) is -0.443. The lowest BCUT2D eigenvalue weighted by atomic mass is 10.1. The zero-order valence-electron chi connectivity index (χ0n) is 12.5. The second-order valence-electron chi connectivity index (χ2n) is 5.09. The molecule has 25 heavy (non-hydrogen) atoms. The molecule has 3 aromatic rings. The lowest BCUT2D eigenvalue weighted by Gasteiger charge is -2.10. The molecule has 1 N–H and O–H groups in total. The van der Waals surface area contributed by atoms with Crippen LogP contribution in [-0.4, -0.2) is 11.1 Å². The van der Waals surface area contributed by atoms with Gasteiger partial charge >= 0.3 is 6.18 Å². The number of carbonyl (C=O) groups is 1. The molecule has 2 aromatic carbocycles. The minimum Gasteiger partial charge on any atom is -0.355 e. The number of hydrogen-bond donors (Lipinski definition) is 1. The van der Waals surface area contributed by atoms with E-state index in [2.05, 4.69) is 10.5 Å². The SMILES string of the molecule is O=C(Nc1cc(C(F)(F)F)ccc1Cl)c1cc(-c2ccccc2)on1. The third-order valence-electron chi connectivity index (χ3n) is 3.34. The van der Waals surface area contributed by atoms with E-state index in [1.54, 1.807) is 24.3 Å². The molecular weight excluding hydrogens is 357 g/mol. The first kappa shape index (κ1) is 17.0. The Balaban J connectivity index is 1.83. The standard InChI is InChI=1S/C17H10ClF3N2O2/c18-12-7-6-11(17(19,20)21)8-13(12)22-16(24)14-9-15(25-23-14)10-4-2-1-3-5-10/h1-9H,(H,22,24). The van der Waals surface area contributed by atoms with Gasteiger partial charge in [0, 0.05) is 11.6 Å². The minimum atomic E-state index is -4.54. The van der Waals surface area contributed by atoms with Crippen molar-refractivity contribution in [2.24, 2.45) is 0 Å². The molecule has 0 saturated carbocycles. The molecule has 1 aromatic heterocycles. The van der Waals surface area contributed by atoms with E-state index in [1.165, 1.54) is 6.07 Å². The number of benzene rings is 2. The summed E-state index contributed by atoms with van der Waals surface area (Å²) in [5, 5.41) is 5.93. The van der Waals surface area contributed by atoms with Gasteiger partial charge in [-0.3, -0.25) is 4.79 Å². The van der Waals surface area contributed by atoms with Crippen LogP contribution in [0.4, 0.5) is 18.9 Å². The van der Waals surface area contributed by atoms with Crippen LogP contribution in [0, 0.1) is 0 Å². The van der Waals surface area contributed by atoms with E-state index in [0.717, 1.165) is 18.2 Å². The fourth-order valence-electron chi connectivity index (χ4n) is 2.10. The molecule has 4 nitrogen and oxygen atoms in total. The van der Waals surface area contributed by atoms with Crippen molar-refractivity contribution in [3.05, 3.63) is 70.9 Å². The maximum Gasteiger partial charge on any atom is 0.416 e. The van der Waals surface area contributed by atoms with Crippen LogP contribution in [0.2, 0.25) is 5.02 Å². The molecule has 0 spiro atoms. The number of carbonyl (C=O) groups excluding carboxylic acids is 1. The summed E-state index contributed by atoms with van der Waals surface area (Å²) in [4.78, 5) is 12.2. The van der Waals surface area contributed by atoms with E-state index >= 15 is 0 Å². The molecule has 0 unspecified atom stereocenters. The van der Waals surface area contributed by atoms with Crippen molar-refractivity contribution in [1.82, 2.24) is 5.16 Å². The maximum absolute atomic E-state index is 12.8. The molecule has 0 bridgehead atoms. The molecule has 0 aliphatic carbocycles. The number of anilines is 1. The van der Waals surface area contributed by atoms with Gasteiger partial charge in [0.05, 0.1) is 16.3 Å². The van der Waals surface area contributed by atoms with E-state index in [0.29, 0.717) is 11.3 Å². The monoisotopic (exact) mass is 366 g/mol. The van der Waals surface area contributed by atoms with Gasteiger partial charge < -0.3 is 9.84 Å². The normalized spacial score (nSPS) is 11.4. The number of nitrogens with one attached hydrogen (secondary N) is 1. The van der Waals surface area contributed by atoms with Gasteiger partial charge in [-0.15, -0.1) is 0 Å². The van der Waals surface area contributed by atoms with Crippen molar-refractivity contribution < 1.29 is 22.5 Å². The first-order chi connectivity index (χ1) is 11.8. The molecule has 3 rings (SSSR count). The highest BCUT2D eigenvalue weighted by molar-refractivity contribution is 6.33. The zero-order valence-corrected chi connectivity index (χ0v) is 13.2. The van der Waals surface area contributed by atoms with Crippen LogP contribution in [0.15, 0.2) is 59.1 Å². The lowest BCUT2D eigenvalue weighted by molar-refractivity contribution is -0.137. The fourth-order valence-corrected chi connectivity index (χ4v) is 2.27. The van der Waals surface area contributed by atoms with Crippen LogP contribution in [0.3, 0.4) is 0 Å². The summed E-state index contributed by atoms with van der Waals surface area (Å²) in [5.74, 6) is -0.368. The van der Waals surface area contributed by atoms with Crippen LogP contribution in [0.5, 0.6) is 0 Å². The minimum absolute atomic E-state index is 0.0203. The number of hydrogen-bond acceptors (Lipinski definition) is 3. The Hall–Kier alpha value is -2.80. The van der Waals surface area contributed by atoms with Gasteiger partial charge in [0.1, 0.15) is 0 Å². The predicted molar refractivity (Wildman–Crippen MR) is 86.3 cm³/mol. The average molecular weight is 367 g/mol. The Kier molecular flexibility index (Phi) is 4.50. The van der Waals surface area contributed by atoms with Gasteiger partial charge in [0.2, 0.25) is 0 Å². The van der Waals surface area contributed by atoms with Crippen LogP contribution in [-0.2, 0) is 6.18 Å². The Labute approximate surface area is 145 Å². The van der Waals surface area contributed by atoms with E-state index < -0.39 is 17.6 Å². The summed E-state index contributed by atoms with van der Waals surface area (Å²) < 4.78 is 43.4. The topological polar surface area (TPSA) is 55.1 Å². The Bertz CT molecular complexity index is 908. The van der Waals surface area contributed by atoms with Gasteiger partial charge in [-0.25, -0.2) is 0 Å². The highest BCUT2D eigenvalue weighted by Gasteiger charge is 2.31. The van der Waals surface area contributed by atoms with Crippen molar-refractivity contribution in [1.29, 1.82) is 0 Å². The molecule has 0 saturated heterocycles. The molecule has 0 aliphatic rings.